The highest BCUT2D eigenvalue weighted by Gasteiger charge is 2.28. The van der Waals surface area contributed by atoms with Crippen molar-refractivity contribution in [3.63, 3.8) is 0 Å². The van der Waals surface area contributed by atoms with Gasteiger partial charge in [-0.1, -0.05) is 33.3 Å². The van der Waals surface area contributed by atoms with Gasteiger partial charge < -0.3 is 10.1 Å². The number of allylic oxidation sites excluding steroid dienone is 2. The van der Waals surface area contributed by atoms with E-state index >= 15 is 0 Å². The molecule has 1 atom stereocenters. The molecule has 1 aliphatic rings. The molecule has 5 heteroatoms. The Kier molecular flexibility index (Phi) is 9.63. The zero-order valence-electron chi connectivity index (χ0n) is 17.1. The van der Waals surface area contributed by atoms with Gasteiger partial charge in [0.1, 0.15) is 0 Å². The molecular weight excluding hydrogens is 328 g/mol. The van der Waals surface area contributed by atoms with E-state index in [0.717, 1.165) is 38.6 Å². The van der Waals surface area contributed by atoms with E-state index in [9.17, 15) is 9.59 Å². The van der Waals surface area contributed by atoms with E-state index in [-0.39, 0.29) is 17.8 Å². The Balaban J connectivity index is 2.73. The first-order valence-corrected chi connectivity index (χ1v) is 9.81. The molecule has 1 N–H and O–H groups in total. The molecule has 0 bridgehead atoms. The van der Waals surface area contributed by atoms with Crippen LogP contribution in [-0.4, -0.2) is 37.0 Å². The smallest absolute Gasteiger partial charge is 0.305 e. The van der Waals surface area contributed by atoms with E-state index in [1.165, 1.54) is 5.57 Å². The summed E-state index contributed by atoms with van der Waals surface area (Å²) in [6.07, 6.45) is 11.4. The molecule has 1 heterocycles. The number of carbonyl (C=O) groups excluding carboxylic acids is 2. The molecule has 26 heavy (non-hydrogen) atoms. The van der Waals surface area contributed by atoms with E-state index in [4.69, 9.17) is 4.74 Å². The van der Waals surface area contributed by atoms with Gasteiger partial charge in [0.05, 0.1) is 6.61 Å². The van der Waals surface area contributed by atoms with E-state index in [0.29, 0.717) is 13.0 Å². The zero-order chi connectivity index (χ0) is 19.6. The molecule has 1 unspecified atom stereocenters. The third kappa shape index (κ3) is 7.73. The summed E-state index contributed by atoms with van der Waals surface area (Å²) >= 11 is 0. The van der Waals surface area contributed by atoms with E-state index in [2.05, 4.69) is 11.4 Å². The highest BCUT2D eigenvalue weighted by molar-refractivity contribution is 5.83. The van der Waals surface area contributed by atoms with Crippen LogP contribution in [-0.2, 0) is 14.3 Å². The summed E-state index contributed by atoms with van der Waals surface area (Å²) in [6.45, 7) is 9.07. The zero-order valence-corrected chi connectivity index (χ0v) is 17.1. The van der Waals surface area contributed by atoms with Gasteiger partial charge in [0, 0.05) is 30.2 Å². The van der Waals surface area contributed by atoms with Crippen molar-refractivity contribution in [2.24, 2.45) is 11.3 Å². The number of ether oxygens (including phenoxy) is 1. The number of rotatable bonds is 10. The lowest BCUT2D eigenvalue weighted by Gasteiger charge is -2.30. The molecule has 1 aliphatic heterocycles. The molecule has 0 saturated heterocycles. The second-order valence-corrected chi connectivity index (χ2v) is 7.87. The van der Waals surface area contributed by atoms with Gasteiger partial charge in [-0.3, -0.25) is 14.5 Å². The van der Waals surface area contributed by atoms with Crippen LogP contribution >= 0.6 is 0 Å². The Labute approximate surface area is 158 Å². The van der Waals surface area contributed by atoms with Crippen LogP contribution in [0.4, 0.5) is 0 Å². The van der Waals surface area contributed by atoms with Gasteiger partial charge in [0.2, 0.25) is 5.91 Å². The largest absolute Gasteiger partial charge is 0.466 e. The molecule has 1 amide bonds. The van der Waals surface area contributed by atoms with Gasteiger partial charge in [-0.15, -0.1) is 0 Å². The topological polar surface area (TPSA) is 58.6 Å². The average Bonchev–Trinajstić information content (AvgIpc) is 2.59. The first kappa shape index (κ1) is 22.4. The van der Waals surface area contributed by atoms with Crippen molar-refractivity contribution in [2.75, 3.05) is 20.2 Å². The van der Waals surface area contributed by atoms with Crippen molar-refractivity contribution in [1.82, 2.24) is 10.2 Å². The van der Waals surface area contributed by atoms with Crippen molar-refractivity contribution in [3.05, 3.63) is 24.0 Å². The van der Waals surface area contributed by atoms with Crippen LogP contribution in [0.2, 0.25) is 0 Å². The maximum absolute atomic E-state index is 12.6. The van der Waals surface area contributed by atoms with E-state index in [1.54, 1.807) is 4.90 Å². The number of nitrogens with zero attached hydrogens (tertiary/aromatic N) is 1. The number of esters is 1. The molecule has 0 aliphatic carbocycles. The van der Waals surface area contributed by atoms with Crippen molar-refractivity contribution in [3.8, 4) is 0 Å². The van der Waals surface area contributed by atoms with Gasteiger partial charge in [0.25, 0.3) is 0 Å². The summed E-state index contributed by atoms with van der Waals surface area (Å²) < 4.78 is 5.04. The number of nitrogens with one attached hydrogen (secondary N) is 1. The predicted octanol–water partition coefficient (Wildman–Crippen LogP) is 4.01. The number of carbonyl (C=O) groups is 2. The lowest BCUT2D eigenvalue weighted by atomic mass is 9.88. The fourth-order valence-corrected chi connectivity index (χ4v) is 3.00. The molecule has 0 saturated carbocycles. The lowest BCUT2D eigenvalue weighted by molar-refractivity contribution is -0.143. The summed E-state index contributed by atoms with van der Waals surface area (Å²) in [7, 11) is 1.97. The molecule has 148 valence electrons. The lowest BCUT2D eigenvalue weighted by Crippen LogP contribution is -2.34. The minimum absolute atomic E-state index is 0.0882. The maximum atomic E-state index is 12.6. The van der Waals surface area contributed by atoms with Crippen LogP contribution in [0.25, 0.3) is 0 Å². The third-order valence-electron chi connectivity index (χ3n) is 4.49. The van der Waals surface area contributed by atoms with E-state index in [1.807, 2.05) is 47.1 Å². The fourth-order valence-electron chi connectivity index (χ4n) is 3.00. The van der Waals surface area contributed by atoms with Crippen LogP contribution in [0.3, 0.4) is 0 Å². The van der Waals surface area contributed by atoms with Gasteiger partial charge >= 0.3 is 5.97 Å². The molecule has 0 spiro atoms. The predicted molar refractivity (Wildman–Crippen MR) is 105 cm³/mol. The highest BCUT2D eigenvalue weighted by Crippen LogP contribution is 2.30. The van der Waals surface area contributed by atoms with Gasteiger partial charge in [-0.2, -0.15) is 0 Å². The van der Waals surface area contributed by atoms with Crippen LogP contribution in [0.15, 0.2) is 24.0 Å². The Morgan fingerprint density at radius 2 is 1.96 bits per heavy atom. The van der Waals surface area contributed by atoms with Crippen molar-refractivity contribution in [1.29, 1.82) is 0 Å². The normalized spacial score (nSPS) is 17.2. The number of hydrogen-bond acceptors (Lipinski definition) is 4. The maximum Gasteiger partial charge on any atom is 0.305 e. The van der Waals surface area contributed by atoms with Gasteiger partial charge in [0.15, 0.2) is 0 Å². The van der Waals surface area contributed by atoms with Gasteiger partial charge in [-0.05, 0) is 51.8 Å². The summed E-state index contributed by atoms with van der Waals surface area (Å²) in [4.78, 5) is 26.0. The summed E-state index contributed by atoms with van der Waals surface area (Å²) in [6, 6.07) is 0. The molecule has 0 radical (unpaired) electrons. The van der Waals surface area contributed by atoms with E-state index < -0.39 is 5.41 Å². The van der Waals surface area contributed by atoms with Gasteiger partial charge in [-0.25, -0.2) is 0 Å². The van der Waals surface area contributed by atoms with Crippen LogP contribution in [0, 0.1) is 11.3 Å². The third-order valence-corrected chi connectivity index (χ3v) is 4.49. The number of unbranched alkanes of at least 4 members (excludes halogenated alkanes) is 2. The molecule has 1 rings (SSSR count). The van der Waals surface area contributed by atoms with Crippen molar-refractivity contribution >= 4 is 11.9 Å². The minimum atomic E-state index is -0.420. The quantitative estimate of drug-likeness (QED) is 0.470. The Bertz CT molecular complexity index is 518. The monoisotopic (exact) mass is 364 g/mol. The Morgan fingerprint density at radius 3 is 2.58 bits per heavy atom. The fraction of sp³-hybridized carbons (Fsp3) is 0.714. The molecule has 0 aromatic rings. The highest BCUT2D eigenvalue weighted by atomic mass is 16.5. The Hall–Kier alpha value is -1.62. The molecule has 0 fully saturated rings. The molecule has 0 aromatic carbocycles. The minimum Gasteiger partial charge on any atom is -0.466 e. The standard InChI is InChI=1S/C21H36N2O3/c1-6-26-19(24)12-11-17-13-15-23(20(25)21(2,3)4)16-18(17)10-8-7-9-14-22-5/h13,15-17,22H,6-12,14H2,1-5H3. The SMILES string of the molecule is CCOC(=O)CCC1C=CN(C(=O)C(C)(C)C)C=C1CCCCCNC. The summed E-state index contributed by atoms with van der Waals surface area (Å²) in [5.41, 5.74) is 0.815. The second-order valence-electron chi connectivity index (χ2n) is 7.87. The molecular formula is C21H36N2O3. The van der Waals surface area contributed by atoms with Crippen LogP contribution < -0.4 is 5.32 Å². The first-order chi connectivity index (χ1) is 12.3. The number of amides is 1. The van der Waals surface area contributed by atoms with Crippen molar-refractivity contribution in [2.45, 2.75) is 66.2 Å². The first-order valence-electron chi connectivity index (χ1n) is 9.81. The number of hydrogen-bond donors (Lipinski definition) is 1. The summed E-state index contributed by atoms with van der Waals surface area (Å²) in [5.74, 6) is 0.139. The Morgan fingerprint density at radius 1 is 1.23 bits per heavy atom. The molecule has 5 nitrogen and oxygen atoms in total. The average molecular weight is 365 g/mol. The van der Waals surface area contributed by atoms with Crippen molar-refractivity contribution < 1.29 is 14.3 Å². The van der Waals surface area contributed by atoms with Crippen LogP contribution in [0.5, 0.6) is 0 Å². The summed E-state index contributed by atoms with van der Waals surface area (Å²) in [5, 5.41) is 3.17. The van der Waals surface area contributed by atoms with Crippen LogP contribution in [0.1, 0.15) is 66.2 Å². The second kappa shape index (κ2) is 11.2. The molecule has 0 aromatic heterocycles.